The third-order valence-corrected chi connectivity index (χ3v) is 15.1. The van der Waals surface area contributed by atoms with Gasteiger partial charge in [-0.2, -0.15) is 0 Å². The van der Waals surface area contributed by atoms with Crippen LogP contribution < -0.4 is 5.32 Å². The van der Waals surface area contributed by atoms with E-state index in [0.717, 1.165) is 38.5 Å². The van der Waals surface area contributed by atoms with Crippen LogP contribution in [0.5, 0.6) is 0 Å². The van der Waals surface area contributed by atoms with E-state index >= 15 is 0 Å². The zero-order valence-corrected chi connectivity index (χ0v) is 47.5. The zero-order valence-electron chi connectivity index (χ0n) is 47.5. The molecular formula is C64H125NO5. The van der Waals surface area contributed by atoms with E-state index in [9.17, 15) is 19.8 Å². The van der Waals surface area contributed by atoms with Crippen LogP contribution in [0.25, 0.3) is 0 Å². The van der Waals surface area contributed by atoms with Gasteiger partial charge >= 0.3 is 5.97 Å². The van der Waals surface area contributed by atoms with E-state index in [-0.39, 0.29) is 18.5 Å². The van der Waals surface area contributed by atoms with E-state index in [1.807, 2.05) is 0 Å². The van der Waals surface area contributed by atoms with Gasteiger partial charge in [0.1, 0.15) is 0 Å². The largest absolute Gasteiger partial charge is 0.466 e. The van der Waals surface area contributed by atoms with Crippen molar-refractivity contribution < 1.29 is 24.5 Å². The summed E-state index contributed by atoms with van der Waals surface area (Å²) in [6, 6.07) is -0.537. The van der Waals surface area contributed by atoms with E-state index in [2.05, 4.69) is 31.3 Å². The van der Waals surface area contributed by atoms with Crippen molar-refractivity contribution in [1.29, 1.82) is 0 Å². The van der Waals surface area contributed by atoms with Gasteiger partial charge in [-0.25, -0.2) is 0 Å². The molecule has 0 fully saturated rings. The van der Waals surface area contributed by atoms with Crippen LogP contribution in [-0.4, -0.2) is 47.4 Å². The topological polar surface area (TPSA) is 95.9 Å². The summed E-state index contributed by atoms with van der Waals surface area (Å²) in [5.74, 6) is -0.0145. The van der Waals surface area contributed by atoms with Crippen LogP contribution in [0, 0.1) is 0 Å². The first-order valence-corrected chi connectivity index (χ1v) is 31.9. The summed E-state index contributed by atoms with van der Waals surface area (Å²) >= 11 is 0. The lowest BCUT2D eigenvalue weighted by Gasteiger charge is -2.22. The highest BCUT2D eigenvalue weighted by atomic mass is 16.5. The van der Waals surface area contributed by atoms with Gasteiger partial charge < -0.3 is 20.3 Å². The molecule has 2 unspecified atom stereocenters. The molecule has 0 radical (unpaired) electrons. The molecule has 0 saturated carbocycles. The van der Waals surface area contributed by atoms with Crippen LogP contribution >= 0.6 is 0 Å². The molecule has 3 N–H and O–H groups in total. The molecular weight excluding hydrogens is 863 g/mol. The second-order valence-electron chi connectivity index (χ2n) is 22.1. The van der Waals surface area contributed by atoms with Gasteiger partial charge in [0.25, 0.3) is 0 Å². The van der Waals surface area contributed by atoms with Gasteiger partial charge in [-0.05, 0) is 51.4 Å². The number of aliphatic hydroxyl groups excluding tert-OH is 2. The summed E-state index contributed by atoms with van der Waals surface area (Å²) in [4.78, 5) is 24.5. The minimum atomic E-state index is -0.660. The van der Waals surface area contributed by atoms with Crippen molar-refractivity contribution in [3.63, 3.8) is 0 Å². The SMILES string of the molecule is CCCCCCCCCCCCCCCCC(=O)OCCCCCCCCCCCCCC/C=C\CCCCCCCCCCCCCCCCC(=O)NC(CO)C(O)CCCCCCCCCCC. The van der Waals surface area contributed by atoms with E-state index in [0.29, 0.717) is 25.9 Å². The predicted molar refractivity (Wildman–Crippen MR) is 306 cm³/mol. The van der Waals surface area contributed by atoms with Gasteiger partial charge in [0.15, 0.2) is 0 Å². The number of unbranched alkanes of at least 4 members (excludes halogenated alkanes) is 47. The van der Waals surface area contributed by atoms with Crippen molar-refractivity contribution >= 4 is 11.9 Å². The Morgan fingerprint density at radius 1 is 0.386 bits per heavy atom. The van der Waals surface area contributed by atoms with Crippen molar-refractivity contribution in [1.82, 2.24) is 5.32 Å². The maximum atomic E-state index is 12.4. The lowest BCUT2D eigenvalue weighted by Crippen LogP contribution is -2.45. The summed E-state index contributed by atoms with van der Waals surface area (Å²) in [7, 11) is 0. The van der Waals surface area contributed by atoms with Gasteiger partial charge in [0.05, 0.1) is 25.4 Å². The lowest BCUT2D eigenvalue weighted by molar-refractivity contribution is -0.143. The molecule has 0 rings (SSSR count). The number of aliphatic hydroxyl groups is 2. The van der Waals surface area contributed by atoms with Crippen LogP contribution in [0.2, 0.25) is 0 Å². The average Bonchev–Trinajstić information content (AvgIpc) is 3.36. The molecule has 0 bridgehead atoms. The van der Waals surface area contributed by atoms with Gasteiger partial charge in [0, 0.05) is 12.8 Å². The lowest BCUT2D eigenvalue weighted by atomic mass is 10.0. The Hall–Kier alpha value is -1.40. The molecule has 0 aliphatic carbocycles. The Kier molecular flexibility index (Phi) is 59.0. The third kappa shape index (κ3) is 55.9. The summed E-state index contributed by atoms with van der Waals surface area (Å²) in [5.41, 5.74) is 0. The zero-order chi connectivity index (χ0) is 50.7. The first-order chi connectivity index (χ1) is 34.5. The Bertz CT molecular complexity index is 1050. The summed E-state index contributed by atoms with van der Waals surface area (Å²) in [6.07, 6.45) is 72.5. The monoisotopic (exact) mass is 988 g/mol. The number of hydrogen-bond acceptors (Lipinski definition) is 5. The van der Waals surface area contributed by atoms with Crippen LogP contribution in [-0.2, 0) is 14.3 Å². The van der Waals surface area contributed by atoms with Crippen LogP contribution in [0.4, 0.5) is 0 Å². The molecule has 70 heavy (non-hydrogen) atoms. The van der Waals surface area contributed by atoms with Gasteiger partial charge in [-0.15, -0.1) is 0 Å². The minimum Gasteiger partial charge on any atom is -0.466 e. The number of hydrogen-bond donors (Lipinski definition) is 3. The number of nitrogens with one attached hydrogen (secondary N) is 1. The maximum Gasteiger partial charge on any atom is 0.305 e. The first-order valence-electron chi connectivity index (χ1n) is 31.9. The molecule has 0 aromatic carbocycles. The summed E-state index contributed by atoms with van der Waals surface area (Å²) < 4.78 is 5.49. The van der Waals surface area contributed by atoms with E-state index in [1.54, 1.807) is 0 Å². The number of amides is 1. The summed E-state index contributed by atoms with van der Waals surface area (Å²) in [5, 5.41) is 23.1. The quantitative estimate of drug-likeness (QED) is 0.0321. The molecule has 0 spiro atoms. The maximum absolute atomic E-state index is 12.4. The van der Waals surface area contributed by atoms with Crippen molar-refractivity contribution in [2.75, 3.05) is 13.2 Å². The number of esters is 1. The fraction of sp³-hybridized carbons (Fsp3) is 0.938. The minimum absolute atomic E-state index is 0.0198. The number of rotatable bonds is 60. The molecule has 6 nitrogen and oxygen atoms in total. The standard InChI is InChI=1S/C64H125NO5/c1-3-5-7-9-11-13-14-15-35-38-42-46-50-54-58-64(69)70-59-55-51-47-43-39-36-33-31-29-27-25-23-21-19-17-16-18-20-22-24-26-28-30-32-34-37-41-45-49-53-57-63(68)65-61(60-66)62(67)56-52-48-44-40-12-10-8-6-4-2/h17,19,61-62,66-67H,3-16,18,20-60H2,1-2H3,(H,65,68)/b19-17-. The molecule has 1 amide bonds. The van der Waals surface area contributed by atoms with E-state index in [1.165, 1.54) is 289 Å². The Morgan fingerprint density at radius 2 is 0.671 bits per heavy atom. The molecule has 0 aliphatic rings. The van der Waals surface area contributed by atoms with Gasteiger partial charge in [0.2, 0.25) is 5.91 Å². The average molecular weight is 989 g/mol. The highest BCUT2D eigenvalue weighted by Gasteiger charge is 2.20. The second kappa shape index (κ2) is 60.2. The van der Waals surface area contributed by atoms with Crippen LogP contribution in [0.3, 0.4) is 0 Å². The fourth-order valence-electron chi connectivity index (χ4n) is 10.2. The van der Waals surface area contributed by atoms with Gasteiger partial charge in [-0.1, -0.05) is 309 Å². The first kappa shape index (κ1) is 68.6. The highest BCUT2D eigenvalue weighted by molar-refractivity contribution is 5.76. The fourth-order valence-corrected chi connectivity index (χ4v) is 10.2. The van der Waals surface area contributed by atoms with Crippen molar-refractivity contribution in [3.05, 3.63) is 12.2 Å². The van der Waals surface area contributed by atoms with E-state index < -0.39 is 12.1 Å². The van der Waals surface area contributed by atoms with Crippen molar-refractivity contribution in [2.45, 2.75) is 373 Å². The van der Waals surface area contributed by atoms with Gasteiger partial charge in [-0.3, -0.25) is 9.59 Å². The molecule has 6 heteroatoms. The Labute approximate surface area is 438 Å². The molecule has 0 aromatic rings. The highest BCUT2D eigenvalue weighted by Crippen LogP contribution is 2.18. The Morgan fingerprint density at radius 3 is 1.01 bits per heavy atom. The number of ether oxygens (including phenoxy) is 1. The Balaban J connectivity index is 3.32. The van der Waals surface area contributed by atoms with Crippen molar-refractivity contribution in [3.8, 4) is 0 Å². The number of carbonyl (C=O) groups excluding carboxylic acids is 2. The summed E-state index contributed by atoms with van der Waals surface area (Å²) in [6.45, 7) is 4.96. The molecule has 0 aliphatic heterocycles. The smallest absolute Gasteiger partial charge is 0.305 e. The molecule has 416 valence electrons. The van der Waals surface area contributed by atoms with Crippen molar-refractivity contribution in [2.24, 2.45) is 0 Å². The predicted octanol–water partition coefficient (Wildman–Crippen LogP) is 20.0. The normalized spacial score (nSPS) is 12.6. The van der Waals surface area contributed by atoms with Crippen LogP contribution in [0.1, 0.15) is 361 Å². The molecule has 0 aromatic heterocycles. The molecule has 2 atom stereocenters. The third-order valence-electron chi connectivity index (χ3n) is 15.1. The number of allylic oxidation sites excluding steroid dienone is 2. The van der Waals surface area contributed by atoms with Crippen LogP contribution in [0.15, 0.2) is 12.2 Å². The number of carbonyl (C=O) groups is 2. The van der Waals surface area contributed by atoms with E-state index in [4.69, 9.17) is 4.74 Å². The molecule has 0 saturated heterocycles. The molecule has 0 heterocycles. The second-order valence-corrected chi connectivity index (χ2v) is 22.1.